The third-order valence-electron chi connectivity index (χ3n) is 5.96. The number of halogens is 3. The molecule has 1 saturated heterocycles. The summed E-state index contributed by atoms with van der Waals surface area (Å²) in [6, 6.07) is 9.39. The van der Waals surface area contributed by atoms with Gasteiger partial charge in [0, 0.05) is 31.9 Å². The van der Waals surface area contributed by atoms with Crippen LogP contribution in [0.3, 0.4) is 0 Å². The van der Waals surface area contributed by atoms with E-state index in [4.69, 9.17) is 4.74 Å². The molecule has 1 amide bonds. The number of nitrogens with zero attached hydrogens (tertiary/aromatic N) is 2. The molecule has 4 rings (SSSR count). The van der Waals surface area contributed by atoms with E-state index >= 15 is 0 Å². The molecule has 2 aromatic carbocycles. The maximum Gasteiger partial charge on any atom is 0.416 e. The molecule has 2 aromatic rings. The van der Waals surface area contributed by atoms with Gasteiger partial charge in [-0.1, -0.05) is 12.1 Å². The van der Waals surface area contributed by atoms with Crippen molar-refractivity contribution in [2.75, 3.05) is 24.5 Å². The molecule has 4 nitrogen and oxygen atoms in total. The number of ether oxygens (including phenoxy) is 1. The Labute approximate surface area is 187 Å². The van der Waals surface area contributed by atoms with Crippen LogP contribution in [0.15, 0.2) is 36.4 Å². The quantitative estimate of drug-likeness (QED) is 0.545. The minimum Gasteiger partial charge on any atom is -0.444 e. The number of fused-ring (bicyclic) bond motifs is 1. The van der Waals surface area contributed by atoms with Crippen molar-refractivity contribution in [3.63, 3.8) is 0 Å². The van der Waals surface area contributed by atoms with Crippen molar-refractivity contribution in [1.82, 2.24) is 4.90 Å². The first kappa shape index (κ1) is 22.5. The number of benzene rings is 2. The lowest BCUT2D eigenvalue weighted by Gasteiger charge is -2.34. The largest absolute Gasteiger partial charge is 0.444 e. The number of carbonyl (C=O) groups is 1. The van der Waals surface area contributed by atoms with Gasteiger partial charge in [0.15, 0.2) is 0 Å². The molecule has 2 heterocycles. The van der Waals surface area contributed by atoms with E-state index in [0.29, 0.717) is 13.1 Å². The highest BCUT2D eigenvalue weighted by Crippen LogP contribution is 2.37. The second-order valence-corrected chi connectivity index (χ2v) is 9.55. The van der Waals surface area contributed by atoms with Gasteiger partial charge in [0.2, 0.25) is 0 Å². The lowest BCUT2D eigenvalue weighted by Crippen LogP contribution is -2.40. The number of carbonyl (C=O) groups excluding carboxylic acids is 1. The van der Waals surface area contributed by atoms with Crippen molar-refractivity contribution in [2.24, 2.45) is 0 Å². The molecule has 0 aromatic heterocycles. The van der Waals surface area contributed by atoms with Crippen LogP contribution in [0.4, 0.5) is 23.7 Å². The second-order valence-electron chi connectivity index (χ2n) is 9.55. The zero-order valence-corrected chi connectivity index (χ0v) is 18.8. The first-order chi connectivity index (χ1) is 15.0. The lowest BCUT2D eigenvalue weighted by molar-refractivity contribution is -0.137. The fraction of sp³-hybridized carbons (Fsp3) is 0.480. The number of hydrogen-bond donors (Lipinski definition) is 0. The molecule has 32 heavy (non-hydrogen) atoms. The second kappa shape index (κ2) is 8.34. The fourth-order valence-electron chi connectivity index (χ4n) is 4.42. The third-order valence-corrected chi connectivity index (χ3v) is 5.96. The summed E-state index contributed by atoms with van der Waals surface area (Å²) in [6.07, 6.45) is -1.71. The Morgan fingerprint density at radius 3 is 2.19 bits per heavy atom. The maximum atomic E-state index is 13.0. The third kappa shape index (κ3) is 4.87. The van der Waals surface area contributed by atoms with Gasteiger partial charge in [0.25, 0.3) is 0 Å². The van der Waals surface area contributed by atoms with Crippen molar-refractivity contribution in [1.29, 1.82) is 0 Å². The van der Waals surface area contributed by atoms with E-state index in [-0.39, 0.29) is 6.09 Å². The SMILES string of the molecule is CC(C)(C)OC(=O)N1CCc2c(cc(-c3ccc(C(F)(F)F)cc3)cc2N2CCCC2)C1. The fourth-order valence-corrected chi connectivity index (χ4v) is 4.42. The zero-order chi connectivity index (χ0) is 23.1. The van der Waals surface area contributed by atoms with Crippen LogP contribution in [-0.2, 0) is 23.9 Å². The van der Waals surface area contributed by atoms with E-state index in [1.807, 2.05) is 26.8 Å². The summed E-state index contributed by atoms with van der Waals surface area (Å²) >= 11 is 0. The average Bonchev–Trinajstić information content (AvgIpc) is 3.25. The molecule has 0 atom stereocenters. The standard InChI is InChI=1S/C25H29F3N2O2/c1-24(2,3)32-23(31)30-13-10-21-19(16-30)14-18(15-22(21)29-11-4-5-12-29)17-6-8-20(9-7-17)25(26,27)28/h6-9,14-15H,4-5,10-13,16H2,1-3H3. The topological polar surface area (TPSA) is 32.8 Å². The van der Waals surface area contributed by atoms with Gasteiger partial charge in [-0.2, -0.15) is 13.2 Å². The van der Waals surface area contributed by atoms with Crippen LogP contribution >= 0.6 is 0 Å². The summed E-state index contributed by atoms with van der Waals surface area (Å²) < 4.78 is 44.5. The van der Waals surface area contributed by atoms with E-state index in [9.17, 15) is 18.0 Å². The molecule has 0 saturated carbocycles. The number of amides is 1. The van der Waals surface area contributed by atoms with Crippen LogP contribution in [0.5, 0.6) is 0 Å². The minimum absolute atomic E-state index is 0.342. The van der Waals surface area contributed by atoms with Crippen molar-refractivity contribution in [3.8, 4) is 11.1 Å². The molecule has 2 aliphatic rings. The number of alkyl halides is 3. The average molecular weight is 447 g/mol. The summed E-state index contributed by atoms with van der Waals surface area (Å²) in [5.74, 6) is 0. The van der Waals surface area contributed by atoms with E-state index < -0.39 is 17.3 Å². The number of hydrogen-bond acceptors (Lipinski definition) is 3. The first-order valence-electron chi connectivity index (χ1n) is 11.1. The normalized spacial score (nSPS) is 16.8. The van der Waals surface area contributed by atoms with Crippen molar-refractivity contribution in [3.05, 3.63) is 53.1 Å². The van der Waals surface area contributed by atoms with Crippen molar-refractivity contribution >= 4 is 11.8 Å². The van der Waals surface area contributed by atoms with Crippen LogP contribution in [0.2, 0.25) is 0 Å². The smallest absolute Gasteiger partial charge is 0.416 e. The highest BCUT2D eigenvalue weighted by atomic mass is 19.4. The van der Waals surface area contributed by atoms with Crippen molar-refractivity contribution in [2.45, 2.75) is 58.4 Å². The highest BCUT2D eigenvalue weighted by Gasteiger charge is 2.31. The van der Waals surface area contributed by atoms with Gasteiger partial charge in [-0.3, -0.25) is 0 Å². The molecule has 1 fully saturated rings. The Balaban J connectivity index is 1.69. The number of rotatable bonds is 2. The van der Waals surface area contributed by atoms with Gasteiger partial charge in [0.05, 0.1) is 5.56 Å². The molecular formula is C25H29F3N2O2. The lowest BCUT2D eigenvalue weighted by atomic mass is 9.92. The van der Waals surface area contributed by atoms with Gasteiger partial charge >= 0.3 is 12.3 Å². The maximum absolute atomic E-state index is 13.0. The van der Waals surface area contributed by atoms with Gasteiger partial charge in [-0.05, 0) is 86.6 Å². The highest BCUT2D eigenvalue weighted by molar-refractivity contribution is 5.75. The molecule has 7 heteroatoms. The van der Waals surface area contributed by atoms with Crippen LogP contribution < -0.4 is 4.90 Å². The minimum atomic E-state index is -4.36. The molecule has 0 unspecified atom stereocenters. The first-order valence-corrected chi connectivity index (χ1v) is 11.1. The molecule has 0 spiro atoms. The van der Waals surface area contributed by atoms with Crippen LogP contribution in [-0.4, -0.2) is 36.2 Å². The monoisotopic (exact) mass is 446 g/mol. The van der Waals surface area contributed by atoms with Crippen LogP contribution in [0.1, 0.15) is 50.3 Å². The summed E-state index contributed by atoms with van der Waals surface area (Å²) in [5, 5.41) is 0. The van der Waals surface area contributed by atoms with E-state index in [1.54, 1.807) is 4.90 Å². The van der Waals surface area contributed by atoms with Crippen LogP contribution in [0.25, 0.3) is 11.1 Å². The molecule has 0 aliphatic carbocycles. The Kier molecular flexibility index (Phi) is 5.86. The Morgan fingerprint density at radius 1 is 0.938 bits per heavy atom. The van der Waals surface area contributed by atoms with Gasteiger partial charge in [-0.15, -0.1) is 0 Å². The molecule has 172 valence electrons. The molecule has 0 radical (unpaired) electrons. The zero-order valence-electron chi connectivity index (χ0n) is 18.8. The Hall–Kier alpha value is -2.70. The van der Waals surface area contributed by atoms with E-state index in [2.05, 4.69) is 11.0 Å². The van der Waals surface area contributed by atoms with E-state index in [0.717, 1.165) is 66.9 Å². The summed E-state index contributed by atoms with van der Waals surface area (Å²) in [5.41, 5.74) is 3.76. The number of anilines is 1. The summed E-state index contributed by atoms with van der Waals surface area (Å²) in [4.78, 5) is 16.7. The molecule has 2 aliphatic heterocycles. The van der Waals surface area contributed by atoms with Crippen LogP contribution in [0, 0.1) is 0 Å². The van der Waals surface area contributed by atoms with Gasteiger partial charge in [-0.25, -0.2) is 4.79 Å². The summed E-state index contributed by atoms with van der Waals surface area (Å²) in [6.45, 7) is 8.49. The van der Waals surface area contributed by atoms with Gasteiger partial charge in [0.1, 0.15) is 5.60 Å². The molecular weight excluding hydrogens is 417 g/mol. The Bertz CT molecular complexity index is 988. The molecule has 0 N–H and O–H groups in total. The predicted molar refractivity (Wildman–Crippen MR) is 119 cm³/mol. The molecule has 0 bridgehead atoms. The Morgan fingerprint density at radius 2 is 1.59 bits per heavy atom. The van der Waals surface area contributed by atoms with E-state index in [1.165, 1.54) is 17.7 Å². The van der Waals surface area contributed by atoms with Gasteiger partial charge < -0.3 is 14.5 Å². The summed E-state index contributed by atoms with van der Waals surface area (Å²) in [7, 11) is 0. The van der Waals surface area contributed by atoms with Crippen molar-refractivity contribution < 1.29 is 22.7 Å². The predicted octanol–water partition coefficient (Wildman–Crippen LogP) is 6.27.